The maximum Gasteiger partial charge on any atom is 0.415 e. The Balaban J connectivity index is 1.30. The fourth-order valence-corrected chi connectivity index (χ4v) is 4.20. The molecule has 0 saturated carbocycles. The van der Waals surface area contributed by atoms with E-state index in [0.717, 1.165) is 43.7 Å². The Morgan fingerprint density at radius 2 is 1.67 bits per heavy atom. The molecule has 0 aliphatic carbocycles. The quantitative estimate of drug-likeness (QED) is 0.718. The van der Waals surface area contributed by atoms with Crippen LogP contribution in [0.25, 0.3) is 0 Å². The van der Waals surface area contributed by atoms with Crippen LogP contribution in [-0.4, -0.2) is 60.5 Å². The first kappa shape index (κ1) is 20.6. The van der Waals surface area contributed by atoms with E-state index in [1.807, 2.05) is 42.5 Å². The Bertz CT molecular complexity index is 861. The van der Waals surface area contributed by atoms with Gasteiger partial charge in [-0.2, -0.15) is 0 Å². The van der Waals surface area contributed by atoms with Gasteiger partial charge in [0.25, 0.3) is 0 Å². The highest BCUT2D eigenvalue weighted by molar-refractivity contribution is 5.94. The van der Waals surface area contributed by atoms with Crippen molar-refractivity contribution in [1.82, 2.24) is 9.80 Å². The number of benzene rings is 2. The first-order valence-corrected chi connectivity index (χ1v) is 10.6. The maximum atomic E-state index is 12.4. The maximum absolute atomic E-state index is 12.4. The van der Waals surface area contributed by atoms with Crippen LogP contribution in [0.4, 0.5) is 4.79 Å². The number of ether oxygens (including phenoxy) is 2. The van der Waals surface area contributed by atoms with Crippen molar-refractivity contribution < 1.29 is 19.1 Å². The summed E-state index contributed by atoms with van der Waals surface area (Å²) >= 11 is 0. The van der Waals surface area contributed by atoms with Crippen LogP contribution < -0.4 is 4.74 Å². The van der Waals surface area contributed by atoms with Crippen molar-refractivity contribution in [3.8, 4) is 5.75 Å². The van der Waals surface area contributed by atoms with Gasteiger partial charge in [-0.25, -0.2) is 4.79 Å². The molecule has 0 aromatic heterocycles. The van der Waals surface area contributed by atoms with E-state index in [2.05, 4.69) is 4.90 Å². The number of carbonyl (C=O) groups is 2. The molecule has 0 spiro atoms. The molecule has 0 bridgehead atoms. The number of hydrogen-bond donors (Lipinski definition) is 0. The van der Waals surface area contributed by atoms with E-state index in [4.69, 9.17) is 9.47 Å². The Hall–Kier alpha value is -2.70. The van der Waals surface area contributed by atoms with Crippen LogP contribution in [0.3, 0.4) is 0 Å². The largest absolute Gasteiger partial charge is 0.415 e. The predicted molar refractivity (Wildman–Crippen MR) is 114 cm³/mol. The number of para-hydroxylation sites is 1. The summed E-state index contributed by atoms with van der Waals surface area (Å²) in [4.78, 5) is 28.1. The lowest BCUT2D eigenvalue weighted by molar-refractivity contribution is -0.0366. The Kier molecular flexibility index (Phi) is 6.45. The van der Waals surface area contributed by atoms with Gasteiger partial charge < -0.3 is 14.4 Å². The van der Waals surface area contributed by atoms with Crippen LogP contribution in [0.1, 0.15) is 41.8 Å². The van der Waals surface area contributed by atoms with E-state index in [1.165, 1.54) is 0 Å². The van der Waals surface area contributed by atoms with Gasteiger partial charge in [-0.3, -0.25) is 9.69 Å². The average molecular weight is 408 g/mol. The van der Waals surface area contributed by atoms with Gasteiger partial charge in [0.05, 0.1) is 6.10 Å². The molecule has 2 unspecified atom stereocenters. The average Bonchev–Trinajstić information content (AvgIpc) is 2.80. The predicted octanol–water partition coefficient (Wildman–Crippen LogP) is 3.93. The number of amides is 1. The molecule has 6 heteroatoms. The smallest absolute Gasteiger partial charge is 0.410 e. The topological polar surface area (TPSA) is 59.1 Å². The molecule has 2 atom stereocenters. The first-order chi connectivity index (χ1) is 14.6. The second-order valence-corrected chi connectivity index (χ2v) is 7.92. The molecular formula is C24H28N2O4. The van der Waals surface area contributed by atoms with Gasteiger partial charge in [0.1, 0.15) is 5.75 Å². The first-order valence-electron chi connectivity index (χ1n) is 10.6. The summed E-state index contributed by atoms with van der Waals surface area (Å²) in [5.41, 5.74) is 1.85. The molecule has 4 rings (SSSR count). The normalized spacial score (nSPS) is 22.5. The van der Waals surface area contributed by atoms with Gasteiger partial charge in [-0.1, -0.05) is 42.5 Å². The molecule has 2 aromatic carbocycles. The van der Waals surface area contributed by atoms with Gasteiger partial charge in [0.2, 0.25) is 0 Å². The lowest BCUT2D eigenvalue weighted by Gasteiger charge is -2.42. The number of piperazine rings is 1. The molecule has 0 radical (unpaired) electrons. The molecule has 0 N–H and O–H groups in total. The third-order valence-corrected chi connectivity index (χ3v) is 5.98. The fourth-order valence-electron chi connectivity index (χ4n) is 4.20. The minimum Gasteiger partial charge on any atom is -0.410 e. The zero-order valence-electron chi connectivity index (χ0n) is 17.3. The summed E-state index contributed by atoms with van der Waals surface area (Å²) in [5.74, 6) is 0.653. The van der Waals surface area contributed by atoms with Crippen molar-refractivity contribution in [3.63, 3.8) is 0 Å². The Morgan fingerprint density at radius 1 is 0.967 bits per heavy atom. The molecule has 2 aromatic rings. The number of nitrogens with zero attached hydrogens (tertiary/aromatic N) is 2. The molecule has 1 amide bonds. The number of Topliss-reactive ketones (excluding diaryl/α,β-unsaturated/α-hetero) is 1. The Morgan fingerprint density at radius 3 is 2.33 bits per heavy atom. The van der Waals surface area contributed by atoms with Crippen LogP contribution in [0.5, 0.6) is 5.75 Å². The van der Waals surface area contributed by atoms with Crippen molar-refractivity contribution in [3.05, 3.63) is 65.7 Å². The molecule has 2 fully saturated rings. The van der Waals surface area contributed by atoms with E-state index in [0.29, 0.717) is 24.9 Å². The summed E-state index contributed by atoms with van der Waals surface area (Å²) in [6, 6.07) is 17.4. The van der Waals surface area contributed by atoms with Crippen molar-refractivity contribution in [2.45, 2.75) is 31.9 Å². The van der Waals surface area contributed by atoms with Crippen LogP contribution in [0.2, 0.25) is 0 Å². The standard InChI is InChI=1S/C24H28N2O4/c1-18(27)19-7-9-20(10-8-19)23-17-21(11-16-29-23)25-12-14-26(15-13-25)24(28)30-22-5-3-2-4-6-22/h2-10,21,23H,11-17H2,1H3. The van der Waals surface area contributed by atoms with Gasteiger partial charge >= 0.3 is 6.09 Å². The second-order valence-electron chi connectivity index (χ2n) is 7.92. The van der Waals surface area contributed by atoms with E-state index in [9.17, 15) is 9.59 Å². The van der Waals surface area contributed by atoms with Crippen LogP contribution >= 0.6 is 0 Å². The third-order valence-electron chi connectivity index (χ3n) is 5.98. The van der Waals surface area contributed by atoms with Crippen molar-refractivity contribution in [1.29, 1.82) is 0 Å². The van der Waals surface area contributed by atoms with Crippen molar-refractivity contribution in [2.24, 2.45) is 0 Å². The molecular weight excluding hydrogens is 380 g/mol. The van der Waals surface area contributed by atoms with Crippen molar-refractivity contribution in [2.75, 3.05) is 32.8 Å². The SMILES string of the molecule is CC(=O)c1ccc(C2CC(N3CCN(C(=O)Oc4ccccc4)CC3)CCO2)cc1. The number of hydrogen-bond acceptors (Lipinski definition) is 5. The Labute approximate surface area is 177 Å². The van der Waals surface area contributed by atoms with Gasteiger partial charge in [0, 0.05) is 44.4 Å². The zero-order valence-corrected chi connectivity index (χ0v) is 17.3. The lowest BCUT2D eigenvalue weighted by Crippen LogP contribution is -2.53. The van der Waals surface area contributed by atoms with Gasteiger partial charge in [-0.05, 0) is 37.5 Å². The summed E-state index contributed by atoms with van der Waals surface area (Å²) in [6.45, 7) is 5.31. The molecule has 158 valence electrons. The van der Waals surface area contributed by atoms with E-state index in [-0.39, 0.29) is 18.0 Å². The minimum atomic E-state index is -0.281. The van der Waals surface area contributed by atoms with Gasteiger partial charge in [0.15, 0.2) is 5.78 Å². The third kappa shape index (κ3) is 4.89. The molecule has 2 aliphatic rings. The van der Waals surface area contributed by atoms with Crippen LogP contribution in [0, 0.1) is 0 Å². The monoisotopic (exact) mass is 408 g/mol. The molecule has 30 heavy (non-hydrogen) atoms. The number of carbonyl (C=O) groups excluding carboxylic acids is 2. The fraction of sp³-hybridized carbons (Fsp3) is 0.417. The molecule has 6 nitrogen and oxygen atoms in total. The van der Waals surface area contributed by atoms with Crippen LogP contribution in [0.15, 0.2) is 54.6 Å². The highest BCUT2D eigenvalue weighted by Gasteiger charge is 2.31. The summed E-state index contributed by atoms with van der Waals surface area (Å²) in [6.07, 6.45) is 1.69. The van der Waals surface area contributed by atoms with Crippen molar-refractivity contribution >= 4 is 11.9 Å². The van der Waals surface area contributed by atoms with E-state index >= 15 is 0 Å². The number of rotatable bonds is 4. The van der Waals surface area contributed by atoms with Gasteiger partial charge in [-0.15, -0.1) is 0 Å². The zero-order chi connectivity index (χ0) is 20.9. The second kappa shape index (κ2) is 9.41. The van der Waals surface area contributed by atoms with E-state index < -0.39 is 0 Å². The highest BCUT2D eigenvalue weighted by Crippen LogP contribution is 2.31. The summed E-state index contributed by atoms with van der Waals surface area (Å²) in [5, 5.41) is 0. The molecule has 2 heterocycles. The highest BCUT2D eigenvalue weighted by atomic mass is 16.6. The lowest BCUT2D eigenvalue weighted by atomic mass is 9.95. The minimum absolute atomic E-state index is 0.0471. The molecule has 2 saturated heterocycles. The number of ketones is 1. The molecule has 2 aliphatic heterocycles. The summed E-state index contributed by atoms with van der Waals surface area (Å²) in [7, 11) is 0. The van der Waals surface area contributed by atoms with Crippen LogP contribution in [-0.2, 0) is 4.74 Å². The summed E-state index contributed by atoms with van der Waals surface area (Å²) < 4.78 is 11.5. The van der Waals surface area contributed by atoms with E-state index in [1.54, 1.807) is 24.0 Å².